The van der Waals surface area contributed by atoms with Crippen molar-refractivity contribution >= 4 is 40.3 Å². The summed E-state index contributed by atoms with van der Waals surface area (Å²) in [6, 6.07) is 14.3. The average molecular weight is 431 g/mol. The molecule has 3 aromatic rings. The highest BCUT2D eigenvalue weighted by Crippen LogP contribution is 2.20. The molecule has 0 bridgehead atoms. The summed E-state index contributed by atoms with van der Waals surface area (Å²) in [5.41, 5.74) is 3.32. The van der Waals surface area contributed by atoms with E-state index < -0.39 is 11.7 Å². The zero-order valence-electron chi connectivity index (χ0n) is 16.6. The normalized spacial score (nSPS) is 9.97. The molecular weight excluding hydrogens is 413 g/mol. The Kier molecular flexibility index (Phi) is 6.70. The number of aromatic nitrogens is 1. The van der Waals surface area contributed by atoms with E-state index in [9.17, 15) is 9.18 Å². The quantitative estimate of drug-likeness (QED) is 0.511. The predicted octanol–water partition coefficient (Wildman–Crippen LogP) is 4.61. The Balaban J connectivity index is 1.71. The highest BCUT2D eigenvalue weighted by Gasteiger charge is 2.12. The third kappa shape index (κ3) is 5.50. The minimum Gasteiger partial charge on any atom is -0.332 e. The highest BCUT2D eigenvalue weighted by molar-refractivity contribution is 7.80. The second kappa shape index (κ2) is 9.61. The van der Waals surface area contributed by atoms with Gasteiger partial charge in [0.1, 0.15) is 5.82 Å². The van der Waals surface area contributed by atoms with Gasteiger partial charge in [-0.05, 0) is 67.2 Å². The van der Waals surface area contributed by atoms with Gasteiger partial charge in [0, 0.05) is 34.9 Å². The van der Waals surface area contributed by atoms with Crippen LogP contribution in [0.2, 0.25) is 0 Å². The fourth-order valence-electron chi connectivity index (χ4n) is 2.68. The first-order valence-electron chi connectivity index (χ1n) is 9.16. The zero-order chi connectivity index (χ0) is 22.4. The number of hydrogen-bond donors (Lipinski definition) is 3. The second-order valence-electron chi connectivity index (χ2n) is 6.59. The molecule has 0 aliphatic rings. The number of rotatable bonds is 5. The van der Waals surface area contributed by atoms with Crippen LogP contribution in [-0.2, 0) is 0 Å². The second-order valence-corrected chi connectivity index (χ2v) is 7.00. The van der Waals surface area contributed by atoms with Crippen molar-refractivity contribution in [2.24, 2.45) is 0 Å². The molecule has 0 unspecified atom stereocenters. The molecule has 0 aliphatic carbocycles. The van der Waals surface area contributed by atoms with Crippen LogP contribution in [0, 0.1) is 24.1 Å². The number of pyridine rings is 1. The molecule has 0 atom stereocenters. The summed E-state index contributed by atoms with van der Waals surface area (Å²) in [5, 5.41) is 17.7. The summed E-state index contributed by atoms with van der Waals surface area (Å²) in [5.74, 6) is -1.18. The van der Waals surface area contributed by atoms with Crippen molar-refractivity contribution in [2.75, 3.05) is 10.6 Å². The Morgan fingerprint density at radius 3 is 2.61 bits per heavy atom. The molecule has 3 N–H and O–H groups in total. The maximum Gasteiger partial charge on any atom is 0.255 e. The molecule has 6 nitrogen and oxygen atoms in total. The van der Waals surface area contributed by atoms with E-state index in [0.717, 1.165) is 17.2 Å². The maximum atomic E-state index is 14.1. The predicted molar refractivity (Wildman–Crippen MR) is 123 cm³/mol. The molecule has 1 heterocycles. The van der Waals surface area contributed by atoms with E-state index in [0.29, 0.717) is 22.1 Å². The molecule has 0 spiro atoms. The number of halogens is 1. The van der Waals surface area contributed by atoms with Crippen LogP contribution < -0.4 is 16.0 Å². The average Bonchev–Trinajstić information content (AvgIpc) is 2.77. The highest BCUT2D eigenvalue weighted by atomic mass is 32.1. The molecule has 0 saturated heterocycles. The molecule has 1 aromatic heterocycles. The van der Waals surface area contributed by atoms with Crippen LogP contribution in [0.4, 0.5) is 15.8 Å². The number of anilines is 2. The van der Waals surface area contributed by atoms with E-state index >= 15 is 0 Å². The number of carbonyl (C=O) groups excluding carboxylic acids is 1. The molecule has 31 heavy (non-hydrogen) atoms. The number of carbonyl (C=O) groups is 1. The lowest BCUT2D eigenvalue weighted by Gasteiger charge is -2.15. The van der Waals surface area contributed by atoms with Crippen LogP contribution in [0.15, 0.2) is 67.5 Å². The van der Waals surface area contributed by atoms with E-state index in [1.54, 1.807) is 36.7 Å². The van der Waals surface area contributed by atoms with Crippen molar-refractivity contribution < 1.29 is 9.18 Å². The number of thiocarbonyl (C=S) groups is 1. The smallest absolute Gasteiger partial charge is 0.255 e. The van der Waals surface area contributed by atoms with Crippen LogP contribution in [0.5, 0.6) is 0 Å². The molecular formula is C23H18FN5OS. The number of nitrogens with zero attached hydrogens (tertiary/aromatic N) is 2. The van der Waals surface area contributed by atoms with E-state index in [-0.39, 0.29) is 11.3 Å². The number of nitriles is 1. The van der Waals surface area contributed by atoms with Crippen molar-refractivity contribution in [1.29, 1.82) is 5.26 Å². The lowest BCUT2D eigenvalue weighted by Crippen LogP contribution is -2.27. The lowest BCUT2D eigenvalue weighted by molar-refractivity contribution is 0.102. The number of aryl methyl sites for hydroxylation is 1. The summed E-state index contributed by atoms with van der Waals surface area (Å²) < 4.78 is 14.1. The van der Waals surface area contributed by atoms with Crippen molar-refractivity contribution in [1.82, 2.24) is 10.3 Å². The van der Waals surface area contributed by atoms with Crippen LogP contribution >= 0.6 is 12.2 Å². The van der Waals surface area contributed by atoms with Crippen molar-refractivity contribution in [3.8, 4) is 6.07 Å². The van der Waals surface area contributed by atoms with Gasteiger partial charge in [0.15, 0.2) is 5.11 Å². The number of benzene rings is 2. The molecule has 0 fully saturated rings. The fourth-order valence-corrected chi connectivity index (χ4v) is 2.92. The van der Waals surface area contributed by atoms with Gasteiger partial charge in [-0.25, -0.2) is 4.39 Å². The molecule has 8 heteroatoms. The van der Waals surface area contributed by atoms with Crippen LogP contribution in [-0.4, -0.2) is 16.0 Å². The van der Waals surface area contributed by atoms with Crippen molar-refractivity contribution in [3.05, 3.63) is 95.6 Å². The van der Waals surface area contributed by atoms with E-state index in [2.05, 4.69) is 27.5 Å². The Hall–Kier alpha value is -4.09. The minimum atomic E-state index is -0.683. The number of hydrogen-bond acceptors (Lipinski definition) is 4. The number of amides is 1. The van der Waals surface area contributed by atoms with Crippen LogP contribution in [0.1, 0.15) is 27.0 Å². The summed E-state index contributed by atoms with van der Waals surface area (Å²) in [7, 11) is 0. The van der Waals surface area contributed by atoms with Crippen LogP contribution in [0.3, 0.4) is 0 Å². The largest absolute Gasteiger partial charge is 0.332 e. The molecule has 154 valence electrons. The maximum absolute atomic E-state index is 14.1. The first-order valence-corrected chi connectivity index (χ1v) is 9.57. The summed E-state index contributed by atoms with van der Waals surface area (Å²) >= 11 is 5.35. The standard InChI is InChI=1S/C23H18FN5OS/c1-14-5-7-17(22(30)28-20-8-6-16(12-25)10-19(20)24)11-21(14)29-23(31)27-15(2)18-4-3-9-26-13-18/h3-11,13H,2H2,1H3,(H,28,30)(H2,27,29,31). The van der Waals surface area contributed by atoms with Gasteiger partial charge in [-0.15, -0.1) is 0 Å². The van der Waals surface area contributed by atoms with Gasteiger partial charge in [0.05, 0.1) is 17.3 Å². The first-order chi connectivity index (χ1) is 14.9. The lowest BCUT2D eigenvalue weighted by atomic mass is 10.1. The Bertz CT molecular complexity index is 1200. The zero-order valence-corrected chi connectivity index (χ0v) is 17.4. The molecule has 0 saturated carbocycles. The molecule has 1 amide bonds. The van der Waals surface area contributed by atoms with Gasteiger partial charge in [0.2, 0.25) is 0 Å². The van der Waals surface area contributed by atoms with Gasteiger partial charge < -0.3 is 16.0 Å². The third-order valence-electron chi connectivity index (χ3n) is 4.37. The summed E-state index contributed by atoms with van der Waals surface area (Å²) in [6.07, 6.45) is 3.33. The van der Waals surface area contributed by atoms with Gasteiger partial charge in [0.25, 0.3) is 5.91 Å². The van der Waals surface area contributed by atoms with Gasteiger partial charge in [-0.1, -0.05) is 12.6 Å². The van der Waals surface area contributed by atoms with Crippen LogP contribution in [0.25, 0.3) is 5.70 Å². The topological polar surface area (TPSA) is 89.8 Å². The van der Waals surface area contributed by atoms with Crippen molar-refractivity contribution in [3.63, 3.8) is 0 Å². The Labute approximate surface area is 184 Å². The monoisotopic (exact) mass is 431 g/mol. The SMILES string of the molecule is C=C(NC(=S)Nc1cc(C(=O)Nc2ccc(C#N)cc2F)ccc1C)c1cccnc1. The molecule has 2 aromatic carbocycles. The molecule has 3 rings (SSSR count). The van der Waals surface area contributed by atoms with E-state index in [4.69, 9.17) is 17.5 Å². The number of nitrogens with one attached hydrogen (secondary N) is 3. The molecule has 0 aliphatic heterocycles. The van der Waals surface area contributed by atoms with Gasteiger partial charge >= 0.3 is 0 Å². The summed E-state index contributed by atoms with van der Waals surface area (Å²) in [4.78, 5) is 16.6. The fraction of sp³-hybridized carbons (Fsp3) is 0.0435. The Morgan fingerprint density at radius 2 is 1.94 bits per heavy atom. The summed E-state index contributed by atoms with van der Waals surface area (Å²) in [6.45, 7) is 5.81. The van der Waals surface area contributed by atoms with Gasteiger partial charge in [-0.3, -0.25) is 9.78 Å². The van der Waals surface area contributed by atoms with E-state index in [1.165, 1.54) is 12.1 Å². The minimum absolute atomic E-state index is 0.0101. The van der Waals surface area contributed by atoms with Gasteiger partial charge in [-0.2, -0.15) is 5.26 Å². The third-order valence-corrected chi connectivity index (χ3v) is 4.57. The molecule has 0 radical (unpaired) electrons. The Morgan fingerprint density at radius 1 is 1.13 bits per heavy atom. The van der Waals surface area contributed by atoms with Crippen molar-refractivity contribution in [2.45, 2.75) is 6.92 Å². The van der Waals surface area contributed by atoms with E-state index in [1.807, 2.05) is 19.1 Å². The first kappa shape index (κ1) is 21.6.